The molecule has 0 saturated carbocycles. The van der Waals surface area contributed by atoms with Gasteiger partial charge in [-0.15, -0.1) is 0 Å². The second-order valence-electron chi connectivity index (χ2n) is 7.52. The minimum atomic E-state index is -0.441. The molecule has 0 amide bonds. The third-order valence-electron chi connectivity index (χ3n) is 4.99. The lowest BCUT2D eigenvalue weighted by molar-refractivity contribution is -0.520. The molecule has 0 fully saturated rings. The van der Waals surface area contributed by atoms with Gasteiger partial charge in [0.2, 0.25) is 0 Å². The summed E-state index contributed by atoms with van der Waals surface area (Å²) < 4.78 is 1.60. The van der Waals surface area contributed by atoms with Crippen molar-refractivity contribution in [2.75, 3.05) is 10.6 Å². The lowest BCUT2D eigenvalue weighted by atomic mass is 10.0. The average Bonchev–Trinajstić information content (AvgIpc) is 2.70. The highest BCUT2D eigenvalue weighted by atomic mass is 35.5. The van der Waals surface area contributed by atoms with E-state index in [1.54, 1.807) is 17.6 Å². The summed E-state index contributed by atoms with van der Waals surface area (Å²) in [6.07, 6.45) is -0.441. The first-order valence-corrected chi connectivity index (χ1v) is 10.4. The Morgan fingerprint density at radius 2 is 1.90 bits per heavy atom. The van der Waals surface area contributed by atoms with Crippen LogP contribution in [-0.4, -0.2) is 15.5 Å². The number of aromatic nitrogens is 2. The van der Waals surface area contributed by atoms with Crippen molar-refractivity contribution in [3.63, 3.8) is 0 Å². The molecule has 0 saturated heterocycles. The zero-order valence-electron chi connectivity index (χ0n) is 16.8. The van der Waals surface area contributed by atoms with E-state index >= 15 is 0 Å². The van der Waals surface area contributed by atoms with E-state index in [2.05, 4.69) is 46.6 Å². The highest BCUT2D eigenvalue weighted by Crippen LogP contribution is 2.29. The smallest absolute Gasteiger partial charge is 0.269 e. The van der Waals surface area contributed by atoms with Crippen molar-refractivity contribution in [3.05, 3.63) is 85.8 Å². The summed E-state index contributed by atoms with van der Waals surface area (Å²) >= 11 is 12.5. The van der Waals surface area contributed by atoms with Crippen LogP contribution in [0.25, 0.3) is 0 Å². The van der Waals surface area contributed by atoms with Gasteiger partial charge in [0.25, 0.3) is 11.5 Å². The fourth-order valence-electron chi connectivity index (χ4n) is 3.39. The van der Waals surface area contributed by atoms with Crippen molar-refractivity contribution in [1.82, 2.24) is 9.55 Å². The number of fused-ring (bicyclic) bond motifs is 1. The van der Waals surface area contributed by atoms with Crippen LogP contribution >= 0.6 is 23.2 Å². The maximum Gasteiger partial charge on any atom is 0.357 e. The van der Waals surface area contributed by atoms with Crippen LogP contribution in [-0.2, 0) is 0 Å². The van der Waals surface area contributed by atoms with E-state index < -0.39 is 6.17 Å². The van der Waals surface area contributed by atoms with Gasteiger partial charge in [0.15, 0.2) is 6.17 Å². The monoisotopic (exact) mass is 442 g/mol. The summed E-state index contributed by atoms with van der Waals surface area (Å²) in [7, 11) is 0. The Labute approximate surface area is 184 Å². The molecule has 1 atom stereocenters. The van der Waals surface area contributed by atoms with Crippen LogP contribution in [0.15, 0.2) is 53.3 Å². The minimum Gasteiger partial charge on any atom is -0.269 e. The van der Waals surface area contributed by atoms with Crippen molar-refractivity contribution in [2.45, 2.75) is 32.9 Å². The Bertz CT molecular complexity index is 1190. The molecule has 1 unspecified atom stereocenters. The van der Waals surface area contributed by atoms with Crippen LogP contribution in [0.5, 0.6) is 0 Å². The van der Waals surface area contributed by atoms with Crippen molar-refractivity contribution >= 4 is 40.8 Å². The molecule has 3 aromatic rings. The molecule has 154 valence electrons. The van der Waals surface area contributed by atoms with Gasteiger partial charge in [-0.2, -0.15) is 0 Å². The van der Waals surface area contributed by atoms with Crippen LogP contribution < -0.4 is 21.2 Å². The predicted molar refractivity (Wildman–Crippen MR) is 122 cm³/mol. The second kappa shape index (κ2) is 8.13. The van der Waals surface area contributed by atoms with Crippen LogP contribution in [0.2, 0.25) is 10.0 Å². The van der Waals surface area contributed by atoms with E-state index in [9.17, 15) is 4.79 Å². The molecular formula is C22H22Cl2N5O+. The second-order valence-corrected chi connectivity index (χ2v) is 8.31. The maximum absolute atomic E-state index is 12.8. The summed E-state index contributed by atoms with van der Waals surface area (Å²) in [4.78, 5) is 20.6. The van der Waals surface area contributed by atoms with E-state index in [0.29, 0.717) is 39.3 Å². The first-order chi connectivity index (χ1) is 14.3. The van der Waals surface area contributed by atoms with E-state index in [1.807, 2.05) is 24.3 Å². The largest absolute Gasteiger partial charge is 0.357 e. The zero-order valence-corrected chi connectivity index (χ0v) is 18.3. The van der Waals surface area contributed by atoms with Gasteiger partial charge in [0.05, 0.1) is 10.0 Å². The van der Waals surface area contributed by atoms with Crippen molar-refractivity contribution in [1.29, 1.82) is 0 Å². The number of anilines is 2. The van der Waals surface area contributed by atoms with Gasteiger partial charge in [-0.3, -0.25) is 9.79 Å². The van der Waals surface area contributed by atoms with E-state index in [1.165, 1.54) is 11.6 Å². The Morgan fingerprint density at radius 3 is 2.60 bits per heavy atom. The van der Waals surface area contributed by atoms with E-state index in [0.717, 1.165) is 5.56 Å². The quantitative estimate of drug-likeness (QED) is 0.580. The van der Waals surface area contributed by atoms with Crippen molar-refractivity contribution < 1.29 is 4.99 Å². The molecule has 3 N–H and O–H groups in total. The maximum atomic E-state index is 12.8. The summed E-state index contributed by atoms with van der Waals surface area (Å²) in [6, 6.07) is 15.1. The number of hydrogen-bond donors (Lipinski definition) is 3. The molecule has 0 bridgehead atoms. The Kier molecular flexibility index (Phi) is 5.54. The molecule has 1 aromatic heterocycles. The molecule has 1 aliphatic rings. The number of guanidine groups is 1. The van der Waals surface area contributed by atoms with E-state index in [4.69, 9.17) is 23.2 Å². The number of halogens is 2. The van der Waals surface area contributed by atoms with Gasteiger partial charge in [-0.1, -0.05) is 67.4 Å². The van der Waals surface area contributed by atoms with Crippen LogP contribution in [0, 0.1) is 6.92 Å². The summed E-state index contributed by atoms with van der Waals surface area (Å²) in [5.41, 5.74) is 3.29. The normalized spacial score (nSPS) is 15.4. The highest BCUT2D eigenvalue weighted by molar-refractivity contribution is 6.44. The first kappa shape index (κ1) is 20.4. The fraction of sp³-hybridized carbons (Fsp3) is 0.227. The minimum absolute atomic E-state index is 0.143. The molecule has 8 heteroatoms. The van der Waals surface area contributed by atoms with Gasteiger partial charge < -0.3 is 0 Å². The van der Waals surface area contributed by atoms with Gasteiger partial charge in [0.1, 0.15) is 5.69 Å². The summed E-state index contributed by atoms with van der Waals surface area (Å²) in [5, 5.41) is 7.23. The third kappa shape index (κ3) is 3.93. The van der Waals surface area contributed by atoms with Crippen LogP contribution in [0.4, 0.5) is 11.6 Å². The lowest BCUT2D eigenvalue weighted by Gasteiger charge is -2.23. The average molecular weight is 443 g/mol. The SMILES string of the molecule is Cc1cc(=O)n2c(n1)NC(Nc1cccc(Cl)c1Cl)=[NH+]C2c1ccc(C(C)C)cc1. The molecule has 0 aliphatic carbocycles. The Balaban J connectivity index is 1.79. The highest BCUT2D eigenvalue weighted by Gasteiger charge is 2.29. The lowest BCUT2D eigenvalue weighted by Crippen LogP contribution is -2.82. The number of hydrogen-bond acceptors (Lipinski definition) is 4. The number of nitrogens with one attached hydrogen (secondary N) is 3. The van der Waals surface area contributed by atoms with Crippen molar-refractivity contribution in [2.24, 2.45) is 0 Å². The number of rotatable bonds is 3. The molecule has 2 heterocycles. The van der Waals surface area contributed by atoms with Gasteiger partial charge in [-0.05, 0) is 30.5 Å². The Morgan fingerprint density at radius 1 is 1.17 bits per heavy atom. The zero-order chi connectivity index (χ0) is 21.4. The topological polar surface area (TPSA) is 72.9 Å². The van der Waals surface area contributed by atoms with E-state index in [-0.39, 0.29) is 5.56 Å². The van der Waals surface area contributed by atoms with Crippen molar-refractivity contribution in [3.8, 4) is 0 Å². The summed E-state index contributed by atoms with van der Waals surface area (Å²) in [6.45, 7) is 6.09. The number of benzene rings is 2. The molecular weight excluding hydrogens is 421 g/mol. The van der Waals surface area contributed by atoms with Gasteiger partial charge in [-0.25, -0.2) is 20.2 Å². The number of aryl methyl sites for hydroxylation is 1. The van der Waals surface area contributed by atoms with Crippen LogP contribution in [0.1, 0.15) is 42.8 Å². The molecule has 6 nitrogen and oxygen atoms in total. The molecule has 2 aromatic carbocycles. The molecule has 0 spiro atoms. The van der Waals surface area contributed by atoms with Crippen LogP contribution in [0.3, 0.4) is 0 Å². The molecule has 4 rings (SSSR count). The third-order valence-corrected chi connectivity index (χ3v) is 5.81. The van der Waals surface area contributed by atoms with Gasteiger partial charge in [0, 0.05) is 17.3 Å². The van der Waals surface area contributed by atoms with Gasteiger partial charge >= 0.3 is 5.96 Å². The molecule has 30 heavy (non-hydrogen) atoms. The number of nitrogens with zero attached hydrogens (tertiary/aromatic N) is 2. The predicted octanol–water partition coefficient (Wildman–Crippen LogP) is 3.50. The molecule has 0 radical (unpaired) electrons. The standard InChI is InChI=1S/C22H21Cl2N5O/c1-12(2)14-7-9-15(10-8-14)20-27-21(26-17-6-4-5-16(23)19(17)24)28-22-25-13(3)11-18(30)29(20)22/h4-12,20H,1-3H3,(H2,25,26,27,28)/p+1. The molecule has 1 aliphatic heterocycles. The summed E-state index contributed by atoms with van der Waals surface area (Å²) in [5.74, 6) is 1.42. The fourth-order valence-corrected chi connectivity index (χ4v) is 3.74. The Hall–Kier alpha value is -2.83. The first-order valence-electron chi connectivity index (χ1n) is 9.65.